The Morgan fingerprint density at radius 1 is 1.16 bits per heavy atom. The molecule has 1 amide bonds. The molecule has 2 atom stereocenters. The second kappa shape index (κ2) is 7.31. The first kappa shape index (κ1) is 16.2. The molecule has 2 fully saturated rings. The monoisotopic (exact) mass is 340 g/mol. The molecule has 1 N–H and O–H groups in total. The zero-order valence-electron chi connectivity index (χ0n) is 14.3. The Morgan fingerprint density at radius 3 is 2.84 bits per heavy atom. The van der Waals surface area contributed by atoms with Crippen LogP contribution in [0.15, 0.2) is 46.9 Å². The minimum atomic E-state index is 0.187. The van der Waals surface area contributed by atoms with Crippen molar-refractivity contribution in [1.82, 2.24) is 10.2 Å². The summed E-state index contributed by atoms with van der Waals surface area (Å²) in [6.45, 7) is 2.64. The van der Waals surface area contributed by atoms with E-state index in [1.54, 1.807) is 0 Å². The SMILES string of the molecule is O=C1C[C@@H]([C@@H]2CCCCN2Cc2ccc(Oc3ccccc3)o2)CN1. The van der Waals surface area contributed by atoms with Gasteiger partial charge < -0.3 is 14.5 Å². The molecule has 25 heavy (non-hydrogen) atoms. The quantitative estimate of drug-likeness (QED) is 0.904. The maximum absolute atomic E-state index is 11.6. The van der Waals surface area contributed by atoms with Crippen LogP contribution in [-0.4, -0.2) is 29.9 Å². The largest absolute Gasteiger partial charge is 0.429 e. The fourth-order valence-electron chi connectivity index (χ4n) is 3.95. The van der Waals surface area contributed by atoms with Crippen molar-refractivity contribution in [2.45, 2.75) is 38.3 Å². The van der Waals surface area contributed by atoms with E-state index in [9.17, 15) is 4.79 Å². The van der Waals surface area contributed by atoms with Gasteiger partial charge in [-0.25, -0.2) is 0 Å². The summed E-state index contributed by atoms with van der Waals surface area (Å²) in [6, 6.07) is 14.0. The third-order valence-corrected chi connectivity index (χ3v) is 5.17. The number of likely N-dealkylation sites (tertiary alicyclic amines) is 1. The highest BCUT2D eigenvalue weighted by atomic mass is 16.6. The number of nitrogens with one attached hydrogen (secondary N) is 1. The van der Waals surface area contributed by atoms with Gasteiger partial charge in [-0.05, 0) is 37.6 Å². The van der Waals surface area contributed by atoms with Gasteiger partial charge in [0.1, 0.15) is 11.5 Å². The molecule has 5 heteroatoms. The number of hydrogen-bond acceptors (Lipinski definition) is 4. The standard InChI is InChI=1S/C20H24N2O3/c23-19-12-15(13-21-19)18-8-4-5-11-22(18)14-17-9-10-20(25-17)24-16-6-2-1-3-7-16/h1-3,6-7,9-10,15,18H,4-5,8,11-14H2,(H,21,23)/t15-,18+/m1/s1. The summed E-state index contributed by atoms with van der Waals surface area (Å²) >= 11 is 0. The Kier molecular flexibility index (Phi) is 4.74. The number of nitrogens with zero attached hydrogens (tertiary/aromatic N) is 1. The first-order valence-corrected chi connectivity index (χ1v) is 9.10. The number of hydrogen-bond donors (Lipinski definition) is 1. The molecule has 0 bridgehead atoms. The Labute approximate surface area is 148 Å². The second-order valence-corrected chi connectivity index (χ2v) is 6.94. The Bertz CT molecular complexity index is 713. The molecule has 2 aliphatic heterocycles. The number of amides is 1. The van der Waals surface area contributed by atoms with Crippen LogP contribution in [0.4, 0.5) is 0 Å². The van der Waals surface area contributed by atoms with E-state index >= 15 is 0 Å². The average Bonchev–Trinajstić information content (AvgIpc) is 3.25. The topological polar surface area (TPSA) is 54.7 Å². The normalized spacial score (nSPS) is 24.2. The van der Waals surface area contributed by atoms with Crippen LogP contribution in [0.2, 0.25) is 0 Å². The van der Waals surface area contributed by atoms with Gasteiger partial charge in [-0.15, -0.1) is 0 Å². The van der Waals surface area contributed by atoms with Crippen molar-refractivity contribution < 1.29 is 13.9 Å². The highest BCUT2D eigenvalue weighted by molar-refractivity contribution is 5.78. The van der Waals surface area contributed by atoms with Crippen LogP contribution in [0.1, 0.15) is 31.4 Å². The van der Waals surface area contributed by atoms with Gasteiger partial charge in [-0.3, -0.25) is 9.69 Å². The molecular formula is C20H24N2O3. The van der Waals surface area contributed by atoms with Gasteiger partial charge in [0, 0.05) is 31.0 Å². The van der Waals surface area contributed by atoms with Gasteiger partial charge >= 0.3 is 0 Å². The molecule has 1 aromatic heterocycles. The summed E-state index contributed by atoms with van der Waals surface area (Å²) in [5.74, 6) is 2.81. The number of para-hydroxylation sites is 1. The van der Waals surface area contributed by atoms with Crippen molar-refractivity contribution in [2.75, 3.05) is 13.1 Å². The van der Waals surface area contributed by atoms with Crippen LogP contribution >= 0.6 is 0 Å². The Hall–Kier alpha value is -2.27. The van der Waals surface area contributed by atoms with E-state index < -0.39 is 0 Å². The number of furan rings is 1. The molecule has 2 saturated heterocycles. The molecule has 3 heterocycles. The summed E-state index contributed by atoms with van der Waals surface area (Å²) in [7, 11) is 0. The zero-order chi connectivity index (χ0) is 17.1. The molecule has 4 rings (SSSR count). The third-order valence-electron chi connectivity index (χ3n) is 5.17. The number of carbonyl (C=O) groups excluding carboxylic acids is 1. The fourth-order valence-corrected chi connectivity index (χ4v) is 3.95. The van der Waals surface area contributed by atoms with Crippen LogP contribution in [0.25, 0.3) is 0 Å². The lowest BCUT2D eigenvalue weighted by Gasteiger charge is -2.38. The highest BCUT2D eigenvalue weighted by Crippen LogP contribution is 2.30. The average molecular weight is 340 g/mol. The highest BCUT2D eigenvalue weighted by Gasteiger charge is 2.34. The molecule has 5 nitrogen and oxygen atoms in total. The van der Waals surface area contributed by atoms with Gasteiger partial charge in [0.15, 0.2) is 0 Å². The van der Waals surface area contributed by atoms with E-state index in [1.165, 1.54) is 12.8 Å². The number of benzene rings is 1. The molecule has 0 unspecified atom stereocenters. The molecule has 132 valence electrons. The van der Waals surface area contributed by atoms with Crippen LogP contribution < -0.4 is 10.1 Å². The van der Waals surface area contributed by atoms with Crippen LogP contribution in [-0.2, 0) is 11.3 Å². The van der Waals surface area contributed by atoms with Crippen molar-refractivity contribution >= 4 is 5.91 Å². The van der Waals surface area contributed by atoms with Gasteiger partial charge in [-0.2, -0.15) is 0 Å². The van der Waals surface area contributed by atoms with E-state index in [-0.39, 0.29) is 5.91 Å². The minimum Gasteiger partial charge on any atom is -0.429 e. The van der Waals surface area contributed by atoms with E-state index in [2.05, 4.69) is 10.2 Å². The Balaban J connectivity index is 1.41. The predicted molar refractivity (Wildman–Crippen MR) is 94.4 cm³/mol. The van der Waals surface area contributed by atoms with Crippen molar-refractivity contribution in [3.8, 4) is 11.7 Å². The molecule has 0 saturated carbocycles. The maximum atomic E-state index is 11.6. The van der Waals surface area contributed by atoms with Crippen molar-refractivity contribution in [3.63, 3.8) is 0 Å². The second-order valence-electron chi connectivity index (χ2n) is 6.94. The van der Waals surface area contributed by atoms with Gasteiger partial charge in [-0.1, -0.05) is 24.6 Å². The van der Waals surface area contributed by atoms with Crippen LogP contribution in [0, 0.1) is 5.92 Å². The summed E-state index contributed by atoms with van der Waals surface area (Å²) in [5.41, 5.74) is 0. The fraction of sp³-hybridized carbons (Fsp3) is 0.450. The molecule has 1 aromatic carbocycles. The lowest BCUT2D eigenvalue weighted by Crippen LogP contribution is -2.44. The molecular weight excluding hydrogens is 316 g/mol. The van der Waals surface area contributed by atoms with Crippen molar-refractivity contribution in [3.05, 3.63) is 48.2 Å². The number of piperidine rings is 1. The molecule has 0 radical (unpaired) electrons. The molecule has 2 aliphatic rings. The van der Waals surface area contributed by atoms with E-state index in [4.69, 9.17) is 9.15 Å². The van der Waals surface area contributed by atoms with Crippen molar-refractivity contribution in [2.24, 2.45) is 5.92 Å². The molecule has 0 spiro atoms. The third kappa shape index (κ3) is 3.87. The minimum absolute atomic E-state index is 0.187. The summed E-state index contributed by atoms with van der Waals surface area (Å²) in [6.07, 6.45) is 4.26. The lowest BCUT2D eigenvalue weighted by molar-refractivity contribution is -0.119. The van der Waals surface area contributed by atoms with Crippen LogP contribution in [0.3, 0.4) is 0 Å². The molecule has 0 aliphatic carbocycles. The first-order valence-electron chi connectivity index (χ1n) is 9.10. The van der Waals surface area contributed by atoms with Crippen molar-refractivity contribution in [1.29, 1.82) is 0 Å². The van der Waals surface area contributed by atoms with E-state index in [0.29, 0.717) is 24.3 Å². The van der Waals surface area contributed by atoms with E-state index in [1.807, 2.05) is 42.5 Å². The molecule has 2 aromatic rings. The van der Waals surface area contributed by atoms with Crippen LogP contribution in [0.5, 0.6) is 11.7 Å². The Morgan fingerprint density at radius 2 is 2.04 bits per heavy atom. The maximum Gasteiger partial charge on any atom is 0.290 e. The van der Waals surface area contributed by atoms with Gasteiger partial charge in [0.2, 0.25) is 5.91 Å². The summed E-state index contributed by atoms with van der Waals surface area (Å²) < 4.78 is 11.6. The number of ether oxygens (including phenoxy) is 1. The first-order chi connectivity index (χ1) is 12.3. The van der Waals surface area contributed by atoms with E-state index in [0.717, 1.165) is 37.6 Å². The number of carbonyl (C=O) groups is 1. The smallest absolute Gasteiger partial charge is 0.290 e. The predicted octanol–water partition coefficient (Wildman–Crippen LogP) is 3.56. The summed E-state index contributed by atoms with van der Waals surface area (Å²) in [5, 5.41) is 2.97. The lowest BCUT2D eigenvalue weighted by atomic mass is 9.89. The zero-order valence-corrected chi connectivity index (χ0v) is 14.3. The number of rotatable bonds is 5. The van der Waals surface area contributed by atoms with Gasteiger partial charge in [0.05, 0.1) is 6.54 Å². The van der Waals surface area contributed by atoms with Gasteiger partial charge in [0.25, 0.3) is 5.95 Å². The summed E-state index contributed by atoms with van der Waals surface area (Å²) in [4.78, 5) is 14.0.